The van der Waals surface area contributed by atoms with E-state index in [4.69, 9.17) is 4.74 Å². The summed E-state index contributed by atoms with van der Waals surface area (Å²) in [5.74, 6) is 0.708. The van der Waals surface area contributed by atoms with E-state index in [9.17, 15) is 4.79 Å². The van der Waals surface area contributed by atoms with Gasteiger partial charge < -0.3 is 19.9 Å². The van der Waals surface area contributed by atoms with E-state index in [-0.39, 0.29) is 12.5 Å². The number of carbonyl (C=O) groups excluding carboxylic acids is 1. The number of likely N-dealkylation sites (N-methyl/N-ethyl adjacent to an activating group) is 1. The van der Waals surface area contributed by atoms with Gasteiger partial charge in [0.15, 0.2) is 6.61 Å². The Balaban J connectivity index is 1.68. The average Bonchev–Trinajstić information content (AvgIpc) is 2.56. The first kappa shape index (κ1) is 15.2. The van der Waals surface area contributed by atoms with Crippen LogP contribution in [-0.2, 0) is 11.3 Å². The van der Waals surface area contributed by atoms with Gasteiger partial charge in [0, 0.05) is 45.1 Å². The van der Waals surface area contributed by atoms with Crippen molar-refractivity contribution >= 4 is 23.0 Å². The second-order valence-electron chi connectivity index (χ2n) is 5.84. The van der Waals surface area contributed by atoms with Crippen LogP contribution < -0.4 is 19.9 Å². The zero-order valence-corrected chi connectivity index (χ0v) is 13.7. The van der Waals surface area contributed by atoms with Crippen molar-refractivity contribution in [1.29, 1.82) is 0 Å². The Kier molecular flexibility index (Phi) is 4.10. The van der Waals surface area contributed by atoms with E-state index in [0.29, 0.717) is 0 Å². The molecule has 120 valence electrons. The van der Waals surface area contributed by atoms with Crippen LogP contribution >= 0.6 is 0 Å². The number of amides is 1. The highest BCUT2D eigenvalue weighted by Gasteiger charge is 2.22. The molecule has 0 saturated heterocycles. The van der Waals surface area contributed by atoms with Gasteiger partial charge in [-0.1, -0.05) is 12.1 Å². The molecule has 0 radical (unpaired) electrons. The molecule has 0 unspecified atom stereocenters. The molecule has 23 heavy (non-hydrogen) atoms. The van der Waals surface area contributed by atoms with Crippen LogP contribution in [0.25, 0.3) is 0 Å². The minimum Gasteiger partial charge on any atom is -0.481 e. The van der Waals surface area contributed by atoms with E-state index in [1.807, 2.05) is 32.3 Å². The molecule has 0 aliphatic carbocycles. The fourth-order valence-corrected chi connectivity index (χ4v) is 2.50. The number of ether oxygens (including phenoxy) is 1. The topological polar surface area (TPSA) is 44.8 Å². The fraction of sp³-hybridized carbons (Fsp3) is 0.278. The quantitative estimate of drug-likeness (QED) is 0.943. The third-order valence-electron chi connectivity index (χ3n) is 4.00. The predicted octanol–water partition coefficient (Wildman–Crippen LogP) is 2.72. The maximum atomic E-state index is 11.6. The minimum atomic E-state index is -0.0285. The van der Waals surface area contributed by atoms with Crippen LogP contribution in [0.5, 0.6) is 5.75 Å². The molecule has 2 aromatic carbocycles. The Morgan fingerprint density at radius 1 is 1.17 bits per heavy atom. The van der Waals surface area contributed by atoms with Crippen molar-refractivity contribution in [3.05, 3.63) is 48.0 Å². The van der Waals surface area contributed by atoms with Crippen LogP contribution in [0.1, 0.15) is 5.56 Å². The summed E-state index contributed by atoms with van der Waals surface area (Å²) in [6.07, 6.45) is 0. The Bertz CT molecular complexity index is 711. The highest BCUT2D eigenvalue weighted by atomic mass is 16.5. The van der Waals surface area contributed by atoms with Gasteiger partial charge in [0.1, 0.15) is 5.75 Å². The molecule has 0 aromatic heterocycles. The summed E-state index contributed by atoms with van der Waals surface area (Å²) < 4.78 is 5.50. The van der Waals surface area contributed by atoms with Gasteiger partial charge in [0.05, 0.1) is 5.69 Å². The number of benzene rings is 2. The Morgan fingerprint density at radius 3 is 2.61 bits per heavy atom. The van der Waals surface area contributed by atoms with Crippen molar-refractivity contribution in [3.63, 3.8) is 0 Å². The molecule has 0 atom stereocenters. The molecule has 0 fully saturated rings. The first-order valence-electron chi connectivity index (χ1n) is 7.58. The summed E-state index contributed by atoms with van der Waals surface area (Å²) in [6.45, 7) is 0.834. The lowest BCUT2D eigenvalue weighted by atomic mass is 10.2. The van der Waals surface area contributed by atoms with Crippen molar-refractivity contribution in [3.8, 4) is 5.75 Å². The maximum absolute atomic E-state index is 11.6. The monoisotopic (exact) mass is 311 g/mol. The summed E-state index contributed by atoms with van der Waals surface area (Å²) >= 11 is 0. The molecule has 5 heteroatoms. The molecule has 3 rings (SSSR count). The largest absolute Gasteiger partial charge is 0.481 e. The van der Waals surface area contributed by atoms with Crippen LogP contribution in [0.15, 0.2) is 42.5 Å². The zero-order valence-electron chi connectivity index (χ0n) is 13.7. The first-order chi connectivity index (χ1) is 11.0. The van der Waals surface area contributed by atoms with Crippen LogP contribution in [0.2, 0.25) is 0 Å². The molecule has 5 nitrogen and oxygen atoms in total. The molecule has 0 spiro atoms. The second-order valence-corrected chi connectivity index (χ2v) is 5.84. The van der Waals surface area contributed by atoms with Crippen molar-refractivity contribution in [2.45, 2.75) is 6.54 Å². The van der Waals surface area contributed by atoms with Gasteiger partial charge in [-0.05, 0) is 29.8 Å². The first-order valence-corrected chi connectivity index (χ1v) is 7.58. The van der Waals surface area contributed by atoms with E-state index in [0.717, 1.165) is 23.7 Å². The van der Waals surface area contributed by atoms with E-state index in [1.54, 1.807) is 11.9 Å². The summed E-state index contributed by atoms with van der Waals surface area (Å²) in [7, 11) is 5.83. The third-order valence-corrected chi connectivity index (χ3v) is 4.00. The maximum Gasteiger partial charge on any atom is 0.264 e. The van der Waals surface area contributed by atoms with E-state index >= 15 is 0 Å². The van der Waals surface area contributed by atoms with Gasteiger partial charge in [-0.25, -0.2) is 0 Å². The number of carbonyl (C=O) groups is 1. The highest BCUT2D eigenvalue weighted by molar-refractivity contribution is 5.97. The van der Waals surface area contributed by atoms with Crippen molar-refractivity contribution in [1.82, 2.24) is 0 Å². The molecule has 1 N–H and O–H groups in total. The van der Waals surface area contributed by atoms with Crippen molar-refractivity contribution in [2.75, 3.05) is 42.9 Å². The SMILES string of the molecule is CN(C)c1ccc(CNc2ccc3c(c2)OCC(=O)N3C)cc1. The smallest absolute Gasteiger partial charge is 0.264 e. The molecule has 2 aromatic rings. The number of rotatable bonds is 4. The number of nitrogens with zero attached hydrogens (tertiary/aromatic N) is 2. The van der Waals surface area contributed by atoms with Gasteiger partial charge in [0.2, 0.25) is 0 Å². The average molecular weight is 311 g/mol. The van der Waals surface area contributed by atoms with Gasteiger partial charge in [-0.2, -0.15) is 0 Å². The summed E-state index contributed by atoms with van der Waals surface area (Å²) in [6, 6.07) is 14.2. The van der Waals surface area contributed by atoms with Gasteiger partial charge in [0.25, 0.3) is 5.91 Å². The van der Waals surface area contributed by atoms with E-state index in [1.165, 1.54) is 11.3 Å². The van der Waals surface area contributed by atoms with Crippen LogP contribution in [-0.4, -0.2) is 33.7 Å². The number of nitrogens with one attached hydrogen (secondary N) is 1. The second kappa shape index (κ2) is 6.20. The summed E-state index contributed by atoms with van der Waals surface area (Å²) in [4.78, 5) is 15.3. The summed E-state index contributed by atoms with van der Waals surface area (Å²) in [5, 5.41) is 3.39. The lowest BCUT2D eigenvalue weighted by molar-refractivity contribution is -0.120. The molecule has 1 heterocycles. The zero-order chi connectivity index (χ0) is 16.4. The molecular formula is C18H21N3O2. The Hall–Kier alpha value is -2.69. The summed E-state index contributed by atoms with van der Waals surface area (Å²) in [5.41, 5.74) is 4.18. The lowest BCUT2D eigenvalue weighted by Crippen LogP contribution is -2.35. The third kappa shape index (κ3) is 3.23. The molecule has 1 aliphatic rings. The van der Waals surface area contributed by atoms with Crippen molar-refractivity contribution < 1.29 is 9.53 Å². The number of fused-ring (bicyclic) bond motifs is 1. The molecule has 1 aliphatic heterocycles. The fourth-order valence-electron chi connectivity index (χ4n) is 2.50. The standard InChI is InChI=1S/C18H21N3O2/c1-20(2)15-7-4-13(5-8-15)11-19-14-6-9-16-17(10-14)23-12-18(22)21(16)3/h4-10,19H,11-12H2,1-3H3. The highest BCUT2D eigenvalue weighted by Crippen LogP contribution is 2.33. The van der Waals surface area contributed by atoms with Crippen LogP contribution in [0, 0.1) is 0 Å². The Morgan fingerprint density at radius 2 is 1.91 bits per heavy atom. The number of hydrogen-bond donors (Lipinski definition) is 1. The minimum absolute atomic E-state index is 0.0285. The molecular weight excluding hydrogens is 290 g/mol. The van der Waals surface area contributed by atoms with Crippen LogP contribution in [0.4, 0.5) is 17.1 Å². The van der Waals surface area contributed by atoms with E-state index < -0.39 is 0 Å². The van der Waals surface area contributed by atoms with E-state index in [2.05, 4.69) is 34.5 Å². The van der Waals surface area contributed by atoms with Crippen LogP contribution in [0.3, 0.4) is 0 Å². The molecule has 1 amide bonds. The lowest BCUT2D eigenvalue weighted by Gasteiger charge is -2.26. The van der Waals surface area contributed by atoms with Gasteiger partial charge >= 0.3 is 0 Å². The Labute approximate surface area is 136 Å². The number of hydrogen-bond acceptors (Lipinski definition) is 4. The van der Waals surface area contributed by atoms with Gasteiger partial charge in [-0.15, -0.1) is 0 Å². The molecule has 0 bridgehead atoms. The van der Waals surface area contributed by atoms with Gasteiger partial charge in [-0.3, -0.25) is 4.79 Å². The number of anilines is 3. The van der Waals surface area contributed by atoms with Crippen molar-refractivity contribution in [2.24, 2.45) is 0 Å². The predicted molar refractivity (Wildman–Crippen MR) is 93.4 cm³/mol. The normalized spacial score (nSPS) is 13.3. The molecule has 0 saturated carbocycles.